The van der Waals surface area contributed by atoms with Gasteiger partial charge in [0.1, 0.15) is 18.1 Å². The van der Waals surface area contributed by atoms with Crippen LogP contribution in [0.4, 0.5) is 13.2 Å². The maximum Gasteiger partial charge on any atom is 0.573 e. The van der Waals surface area contributed by atoms with Crippen molar-refractivity contribution in [2.24, 2.45) is 0 Å². The van der Waals surface area contributed by atoms with Crippen molar-refractivity contribution in [3.8, 4) is 5.75 Å². The van der Waals surface area contributed by atoms with Gasteiger partial charge in [-0.25, -0.2) is 0 Å². The lowest BCUT2D eigenvalue weighted by molar-refractivity contribution is -0.274. The maximum atomic E-state index is 12.2. The van der Waals surface area contributed by atoms with Crippen molar-refractivity contribution in [2.45, 2.75) is 57.3 Å². The summed E-state index contributed by atoms with van der Waals surface area (Å²) in [6.45, 7) is 2.56. The third-order valence-corrected chi connectivity index (χ3v) is 5.71. The molecule has 2 aliphatic rings. The Morgan fingerprint density at radius 2 is 1.97 bits per heavy atom. The molecular formula is C23H25F3N2O3. The van der Waals surface area contributed by atoms with Gasteiger partial charge in [-0.15, -0.1) is 13.2 Å². The molecule has 2 aromatic carbocycles. The number of carbonyl (C=O) groups excluding carboxylic acids is 1. The molecule has 0 saturated carbocycles. The highest BCUT2D eigenvalue weighted by molar-refractivity contribution is 5.94. The van der Waals surface area contributed by atoms with Crippen molar-refractivity contribution in [2.75, 3.05) is 6.54 Å². The zero-order valence-corrected chi connectivity index (χ0v) is 17.2. The molecule has 8 heteroatoms. The molecule has 5 nitrogen and oxygen atoms in total. The van der Waals surface area contributed by atoms with E-state index in [0.717, 1.165) is 31.4 Å². The number of carbonyl (C=O) groups is 1. The zero-order valence-electron chi connectivity index (χ0n) is 17.2. The lowest BCUT2D eigenvalue weighted by Gasteiger charge is -2.27. The van der Waals surface area contributed by atoms with E-state index < -0.39 is 6.36 Å². The Morgan fingerprint density at radius 1 is 1.19 bits per heavy atom. The van der Waals surface area contributed by atoms with Gasteiger partial charge < -0.3 is 14.8 Å². The largest absolute Gasteiger partial charge is 0.573 e. The van der Waals surface area contributed by atoms with E-state index in [1.807, 2.05) is 0 Å². The summed E-state index contributed by atoms with van der Waals surface area (Å²) in [6.07, 6.45) is -0.741. The quantitative estimate of drug-likeness (QED) is 0.634. The van der Waals surface area contributed by atoms with Crippen LogP contribution >= 0.6 is 0 Å². The average Bonchev–Trinajstić information content (AvgIpc) is 3.45. The Morgan fingerprint density at radius 3 is 2.71 bits per heavy atom. The van der Waals surface area contributed by atoms with Gasteiger partial charge in [-0.1, -0.05) is 18.2 Å². The van der Waals surface area contributed by atoms with Gasteiger partial charge in [0.2, 0.25) is 0 Å². The highest BCUT2D eigenvalue weighted by atomic mass is 19.4. The molecule has 1 aliphatic carbocycles. The monoisotopic (exact) mass is 434 g/mol. The molecule has 2 aromatic rings. The van der Waals surface area contributed by atoms with Gasteiger partial charge in [0.15, 0.2) is 0 Å². The number of nitrogens with one attached hydrogen (secondary N) is 2. The van der Waals surface area contributed by atoms with Crippen LogP contribution < -0.4 is 15.4 Å². The summed E-state index contributed by atoms with van der Waals surface area (Å²) < 4.78 is 46.2. The van der Waals surface area contributed by atoms with Gasteiger partial charge >= 0.3 is 6.36 Å². The zero-order chi connectivity index (χ0) is 22.0. The van der Waals surface area contributed by atoms with E-state index in [0.29, 0.717) is 13.0 Å². The third-order valence-electron chi connectivity index (χ3n) is 5.71. The van der Waals surface area contributed by atoms with E-state index in [4.69, 9.17) is 4.74 Å². The van der Waals surface area contributed by atoms with Crippen molar-refractivity contribution in [1.82, 2.24) is 10.6 Å². The van der Waals surface area contributed by atoms with Crippen LogP contribution in [0.5, 0.6) is 5.75 Å². The minimum atomic E-state index is -4.75. The van der Waals surface area contributed by atoms with E-state index in [9.17, 15) is 18.0 Å². The molecule has 31 heavy (non-hydrogen) atoms. The standard InChI is InChI=1S/C23H25F3N2O3/c1-14-4-2-5-15-6-3-7-18(20(14)15)28-22-19(30-22)12-13-27-21(29)16-8-10-17(11-9-16)31-23(24,25)26/h2,4-5,8-11,18-19,22,28H,3,6-7,12-13H2,1H3,(H,27,29)/t18-,19?,22?/m1/s1. The summed E-state index contributed by atoms with van der Waals surface area (Å²) in [7, 11) is 0. The Labute approximate surface area is 178 Å². The number of rotatable bonds is 7. The molecule has 2 unspecified atom stereocenters. The number of epoxide rings is 1. The Hall–Kier alpha value is -2.58. The SMILES string of the molecule is Cc1cccc2c1[C@H](NC1OC1CCNC(=O)c1ccc(OC(F)(F)F)cc1)CCC2. The van der Waals surface area contributed by atoms with Crippen LogP contribution in [0.1, 0.15) is 52.4 Å². The summed E-state index contributed by atoms with van der Waals surface area (Å²) in [4.78, 5) is 12.2. The summed E-state index contributed by atoms with van der Waals surface area (Å²) in [6, 6.07) is 11.6. The number of ether oxygens (including phenoxy) is 2. The van der Waals surface area contributed by atoms with Crippen LogP contribution in [-0.2, 0) is 11.2 Å². The number of hydrogen-bond acceptors (Lipinski definition) is 4. The lowest BCUT2D eigenvalue weighted by atomic mass is 9.85. The Balaban J connectivity index is 1.21. The fourth-order valence-electron chi connectivity index (χ4n) is 4.21. The first-order chi connectivity index (χ1) is 14.8. The molecule has 166 valence electrons. The predicted molar refractivity (Wildman–Crippen MR) is 109 cm³/mol. The van der Waals surface area contributed by atoms with Crippen molar-refractivity contribution >= 4 is 5.91 Å². The number of hydrogen-bond donors (Lipinski definition) is 2. The summed E-state index contributed by atoms with van der Waals surface area (Å²) in [5, 5.41) is 6.37. The second-order valence-electron chi connectivity index (χ2n) is 7.97. The second kappa shape index (κ2) is 8.88. The number of amides is 1. The number of aryl methyl sites for hydroxylation is 2. The van der Waals surface area contributed by atoms with E-state index >= 15 is 0 Å². The van der Waals surface area contributed by atoms with Gasteiger partial charge in [-0.2, -0.15) is 0 Å². The molecule has 1 amide bonds. The summed E-state index contributed by atoms with van der Waals surface area (Å²) in [5.41, 5.74) is 4.36. The van der Waals surface area contributed by atoms with Crippen molar-refractivity contribution < 1.29 is 27.4 Å². The minimum absolute atomic E-state index is 0.0220. The smallest absolute Gasteiger partial charge is 0.406 e. The second-order valence-corrected chi connectivity index (χ2v) is 7.97. The topological polar surface area (TPSA) is 62.9 Å². The highest BCUT2D eigenvalue weighted by Crippen LogP contribution is 2.35. The third kappa shape index (κ3) is 5.57. The molecule has 3 atom stereocenters. The van der Waals surface area contributed by atoms with E-state index in [-0.39, 0.29) is 35.6 Å². The average molecular weight is 434 g/mol. The predicted octanol–water partition coefficient (Wildman–Crippen LogP) is 4.41. The van der Waals surface area contributed by atoms with Crippen LogP contribution in [0, 0.1) is 6.92 Å². The summed E-state index contributed by atoms with van der Waals surface area (Å²) in [5.74, 6) is -0.704. The van der Waals surface area contributed by atoms with Crippen LogP contribution in [-0.4, -0.2) is 31.1 Å². The highest BCUT2D eigenvalue weighted by Gasteiger charge is 2.40. The first-order valence-corrected chi connectivity index (χ1v) is 10.4. The van der Waals surface area contributed by atoms with Crippen LogP contribution in [0.15, 0.2) is 42.5 Å². The van der Waals surface area contributed by atoms with Crippen LogP contribution in [0.3, 0.4) is 0 Å². The molecule has 4 rings (SSSR count). The van der Waals surface area contributed by atoms with Gasteiger partial charge in [-0.05, 0) is 73.6 Å². The fourth-order valence-corrected chi connectivity index (χ4v) is 4.21. The number of benzene rings is 2. The number of alkyl halides is 3. The fraction of sp³-hybridized carbons (Fsp3) is 0.435. The Bertz CT molecular complexity index is 931. The van der Waals surface area contributed by atoms with Gasteiger partial charge in [0.25, 0.3) is 5.91 Å². The number of fused-ring (bicyclic) bond motifs is 1. The first kappa shape index (κ1) is 21.6. The van der Waals surface area contributed by atoms with Gasteiger partial charge in [0.05, 0.1) is 0 Å². The Kier molecular flexibility index (Phi) is 6.20. The molecular weight excluding hydrogens is 409 g/mol. The summed E-state index contributed by atoms with van der Waals surface area (Å²) >= 11 is 0. The first-order valence-electron chi connectivity index (χ1n) is 10.4. The molecule has 1 aliphatic heterocycles. The van der Waals surface area contributed by atoms with Gasteiger partial charge in [0, 0.05) is 18.2 Å². The maximum absolute atomic E-state index is 12.2. The molecule has 0 spiro atoms. The molecule has 1 fully saturated rings. The molecule has 1 saturated heterocycles. The van der Waals surface area contributed by atoms with Gasteiger partial charge in [-0.3, -0.25) is 10.1 Å². The minimum Gasteiger partial charge on any atom is -0.406 e. The van der Waals surface area contributed by atoms with Crippen molar-refractivity contribution in [1.29, 1.82) is 0 Å². The van der Waals surface area contributed by atoms with Crippen molar-refractivity contribution in [3.63, 3.8) is 0 Å². The van der Waals surface area contributed by atoms with Crippen LogP contribution in [0.2, 0.25) is 0 Å². The number of halogens is 3. The molecule has 0 bridgehead atoms. The van der Waals surface area contributed by atoms with E-state index in [1.165, 1.54) is 28.8 Å². The molecule has 0 radical (unpaired) electrons. The molecule has 1 heterocycles. The van der Waals surface area contributed by atoms with E-state index in [1.54, 1.807) is 0 Å². The normalized spacial score (nSPS) is 22.5. The van der Waals surface area contributed by atoms with Crippen LogP contribution in [0.25, 0.3) is 0 Å². The van der Waals surface area contributed by atoms with E-state index in [2.05, 4.69) is 40.5 Å². The molecule has 0 aromatic heterocycles. The van der Waals surface area contributed by atoms with Crippen molar-refractivity contribution in [3.05, 3.63) is 64.7 Å². The lowest BCUT2D eigenvalue weighted by Crippen LogP contribution is -2.30. The molecule has 2 N–H and O–H groups in total.